The molecule has 1 aliphatic carbocycles. The lowest BCUT2D eigenvalue weighted by Crippen LogP contribution is -2.51. The third kappa shape index (κ3) is 4.69. The zero-order chi connectivity index (χ0) is 20.5. The van der Waals surface area contributed by atoms with Crippen molar-refractivity contribution in [1.82, 2.24) is 4.90 Å². The first-order valence-electron chi connectivity index (χ1n) is 9.50. The molecule has 0 N–H and O–H groups in total. The number of ether oxygens (including phenoxy) is 2. The third-order valence-electron chi connectivity index (χ3n) is 5.57. The molecule has 3 rings (SSSR count). The number of likely N-dealkylation sites (tertiary alicyclic amines) is 1. The summed E-state index contributed by atoms with van der Waals surface area (Å²) in [6.07, 6.45) is -1.28. The zero-order valence-corrected chi connectivity index (χ0v) is 16.4. The number of alkyl halides is 3. The van der Waals surface area contributed by atoms with E-state index in [1.807, 2.05) is 12.1 Å². The number of methoxy groups -OCH3 is 1. The maximum Gasteiger partial charge on any atom is 0.394 e. The van der Waals surface area contributed by atoms with E-state index in [0.717, 1.165) is 31.0 Å². The molecule has 1 aromatic rings. The van der Waals surface area contributed by atoms with Gasteiger partial charge in [0.05, 0.1) is 25.6 Å². The molecule has 1 fully saturated rings. The molecule has 154 valence electrons. The Bertz CT molecular complexity index is 754. The fourth-order valence-corrected chi connectivity index (χ4v) is 3.58. The largest absolute Gasteiger partial charge is 0.493 e. The van der Waals surface area contributed by atoms with Crippen molar-refractivity contribution in [3.05, 3.63) is 34.9 Å². The molecule has 4 nitrogen and oxygen atoms in total. The molecule has 0 amide bonds. The van der Waals surface area contributed by atoms with E-state index in [1.54, 1.807) is 6.07 Å². The van der Waals surface area contributed by atoms with Gasteiger partial charge in [0.15, 0.2) is 0 Å². The van der Waals surface area contributed by atoms with Crippen molar-refractivity contribution in [2.45, 2.75) is 26.4 Å². The predicted octanol–water partition coefficient (Wildman–Crippen LogP) is 3.94. The summed E-state index contributed by atoms with van der Waals surface area (Å²) in [6.45, 7) is 5.13. The molecule has 0 spiro atoms. The van der Waals surface area contributed by atoms with Crippen LogP contribution in [0.2, 0.25) is 0 Å². The van der Waals surface area contributed by atoms with Crippen LogP contribution in [-0.4, -0.2) is 50.4 Å². The topological polar surface area (TPSA) is 38.8 Å². The molecule has 0 bridgehead atoms. The number of fused-ring (bicyclic) bond motifs is 1. The van der Waals surface area contributed by atoms with E-state index in [1.165, 1.54) is 12.7 Å². The highest BCUT2D eigenvalue weighted by atomic mass is 19.4. The Morgan fingerprint density at radius 2 is 2.04 bits per heavy atom. The summed E-state index contributed by atoms with van der Waals surface area (Å²) in [6, 6.07) is 5.48. The van der Waals surface area contributed by atoms with Gasteiger partial charge < -0.3 is 9.47 Å². The van der Waals surface area contributed by atoms with Gasteiger partial charge in [-0.15, -0.1) is 0 Å². The van der Waals surface area contributed by atoms with Gasteiger partial charge >= 0.3 is 12.1 Å². The van der Waals surface area contributed by atoms with Gasteiger partial charge in [-0.05, 0) is 35.6 Å². The van der Waals surface area contributed by atoms with Crippen LogP contribution in [0.3, 0.4) is 0 Å². The van der Waals surface area contributed by atoms with Crippen LogP contribution in [0.5, 0.6) is 5.75 Å². The number of rotatable bonds is 6. The number of nitrogens with zero attached hydrogens (tertiary/aromatic N) is 1. The first-order chi connectivity index (χ1) is 13.2. The Labute approximate surface area is 163 Å². The van der Waals surface area contributed by atoms with Gasteiger partial charge in [-0.25, -0.2) is 0 Å². The second kappa shape index (κ2) is 8.15. The second-order valence-corrected chi connectivity index (χ2v) is 7.85. The van der Waals surface area contributed by atoms with E-state index < -0.39 is 12.1 Å². The third-order valence-corrected chi connectivity index (χ3v) is 5.57. The lowest BCUT2D eigenvalue weighted by Gasteiger charge is -2.39. The normalized spacial score (nSPS) is 21.4. The van der Waals surface area contributed by atoms with E-state index in [4.69, 9.17) is 9.47 Å². The summed E-state index contributed by atoms with van der Waals surface area (Å²) < 4.78 is 48.0. The SMILES string of the molecule is COC(=O)C1CN(CC2=Cc3ccc(OCC(C)C(F)(F)F)cc3CC2C)C1. The van der Waals surface area contributed by atoms with E-state index in [2.05, 4.69) is 17.9 Å². The van der Waals surface area contributed by atoms with Gasteiger partial charge in [0.2, 0.25) is 0 Å². The average Bonchev–Trinajstić information content (AvgIpc) is 2.60. The minimum atomic E-state index is -4.25. The lowest BCUT2D eigenvalue weighted by molar-refractivity contribution is -0.176. The monoisotopic (exact) mass is 397 g/mol. The maximum atomic E-state index is 12.6. The van der Waals surface area contributed by atoms with Crippen LogP contribution in [0.4, 0.5) is 13.2 Å². The van der Waals surface area contributed by atoms with Crippen molar-refractivity contribution in [1.29, 1.82) is 0 Å². The Balaban J connectivity index is 1.60. The van der Waals surface area contributed by atoms with E-state index in [-0.39, 0.29) is 18.5 Å². The van der Waals surface area contributed by atoms with Crippen molar-refractivity contribution in [2.24, 2.45) is 17.8 Å². The molecule has 1 saturated heterocycles. The number of hydrogen-bond acceptors (Lipinski definition) is 4. The lowest BCUT2D eigenvalue weighted by atomic mass is 9.83. The fraction of sp³-hybridized carbons (Fsp3) is 0.571. The second-order valence-electron chi connectivity index (χ2n) is 7.85. The Hall–Kier alpha value is -2.02. The maximum absolute atomic E-state index is 12.6. The molecule has 1 heterocycles. The number of benzene rings is 1. The Morgan fingerprint density at radius 1 is 1.32 bits per heavy atom. The summed E-state index contributed by atoms with van der Waals surface area (Å²) in [5.74, 6) is -0.883. The van der Waals surface area contributed by atoms with Crippen LogP contribution in [-0.2, 0) is 16.0 Å². The molecule has 0 aromatic heterocycles. The molecule has 7 heteroatoms. The Kier molecular flexibility index (Phi) is 6.03. The number of esters is 1. The molecule has 0 saturated carbocycles. The van der Waals surface area contributed by atoms with Gasteiger partial charge in [-0.1, -0.05) is 31.6 Å². The zero-order valence-electron chi connectivity index (χ0n) is 16.4. The molecule has 28 heavy (non-hydrogen) atoms. The van der Waals surface area contributed by atoms with E-state index >= 15 is 0 Å². The summed E-state index contributed by atoms with van der Waals surface area (Å²) in [5, 5.41) is 0. The van der Waals surface area contributed by atoms with Crippen molar-refractivity contribution >= 4 is 12.0 Å². The quantitative estimate of drug-likeness (QED) is 0.682. The number of hydrogen-bond donors (Lipinski definition) is 0. The molecule has 2 unspecified atom stereocenters. The highest BCUT2D eigenvalue weighted by Gasteiger charge is 2.36. The van der Waals surface area contributed by atoms with Crippen LogP contribution < -0.4 is 4.74 Å². The van der Waals surface area contributed by atoms with Gasteiger partial charge in [-0.3, -0.25) is 9.69 Å². The van der Waals surface area contributed by atoms with Crippen LogP contribution in [0, 0.1) is 17.8 Å². The highest BCUT2D eigenvalue weighted by molar-refractivity contribution is 5.74. The molecule has 2 atom stereocenters. The van der Waals surface area contributed by atoms with Crippen LogP contribution >= 0.6 is 0 Å². The Morgan fingerprint density at radius 3 is 2.68 bits per heavy atom. The van der Waals surface area contributed by atoms with Crippen molar-refractivity contribution in [2.75, 3.05) is 33.4 Å². The number of halogens is 3. The van der Waals surface area contributed by atoms with Crippen molar-refractivity contribution in [3.63, 3.8) is 0 Å². The van der Waals surface area contributed by atoms with E-state index in [9.17, 15) is 18.0 Å². The number of carbonyl (C=O) groups is 1. The number of carbonyl (C=O) groups excluding carboxylic acids is 1. The van der Waals surface area contributed by atoms with Crippen LogP contribution in [0.1, 0.15) is 25.0 Å². The smallest absolute Gasteiger partial charge is 0.394 e. The fourth-order valence-electron chi connectivity index (χ4n) is 3.58. The van der Waals surface area contributed by atoms with Crippen LogP contribution in [0.15, 0.2) is 23.8 Å². The molecule has 1 aliphatic heterocycles. The van der Waals surface area contributed by atoms with Gasteiger partial charge in [0.1, 0.15) is 5.75 Å². The minimum Gasteiger partial charge on any atom is -0.493 e. The molecule has 0 radical (unpaired) electrons. The molecular weight excluding hydrogens is 371 g/mol. The standard InChI is InChI=1S/C21H26F3NO3/c1-13-6-16-8-19(28-12-14(2)21(22,23)24)5-4-15(16)7-17(13)9-25-10-18(11-25)20(26)27-3/h4-5,7-8,13-14,18H,6,9-12H2,1-3H3. The van der Waals surface area contributed by atoms with E-state index in [0.29, 0.717) is 24.8 Å². The van der Waals surface area contributed by atoms with Crippen LogP contribution in [0.25, 0.3) is 6.08 Å². The summed E-state index contributed by atoms with van der Waals surface area (Å²) >= 11 is 0. The molecule has 2 aliphatic rings. The first-order valence-corrected chi connectivity index (χ1v) is 9.50. The van der Waals surface area contributed by atoms with Gasteiger partial charge in [0, 0.05) is 19.6 Å². The van der Waals surface area contributed by atoms with Gasteiger partial charge in [-0.2, -0.15) is 13.2 Å². The minimum absolute atomic E-state index is 0.0319. The first kappa shape index (κ1) is 20.7. The highest BCUT2D eigenvalue weighted by Crippen LogP contribution is 2.33. The summed E-state index contributed by atoms with van der Waals surface area (Å²) in [5.41, 5.74) is 3.47. The summed E-state index contributed by atoms with van der Waals surface area (Å²) in [7, 11) is 1.41. The summed E-state index contributed by atoms with van der Waals surface area (Å²) in [4.78, 5) is 13.7. The average molecular weight is 397 g/mol. The molecule has 1 aromatic carbocycles. The van der Waals surface area contributed by atoms with Crippen molar-refractivity contribution in [3.8, 4) is 5.75 Å². The predicted molar refractivity (Wildman–Crippen MR) is 99.9 cm³/mol. The van der Waals surface area contributed by atoms with Crippen molar-refractivity contribution < 1.29 is 27.4 Å². The molecular formula is C21H26F3NO3. The van der Waals surface area contributed by atoms with Gasteiger partial charge in [0.25, 0.3) is 0 Å².